The van der Waals surface area contributed by atoms with Crippen LogP contribution in [0, 0.1) is 5.92 Å². The van der Waals surface area contributed by atoms with E-state index in [0.29, 0.717) is 5.92 Å². The van der Waals surface area contributed by atoms with E-state index in [1.54, 1.807) is 0 Å². The molecule has 0 spiro atoms. The number of nitrogens with one attached hydrogen (secondary N) is 1. The molecule has 0 saturated carbocycles. The fourth-order valence-corrected chi connectivity index (χ4v) is 4.00. The second-order valence-corrected chi connectivity index (χ2v) is 6.78. The molecule has 22 heavy (non-hydrogen) atoms. The summed E-state index contributed by atoms with van der Waals surface area (Å²) in [7, 11) is 0. The second-order valence-electron chi connectivity index (χ2n) is 6.78. The van der Waals surface area contributed by atoms with Gasteiger partial charge in [-0.1, -0.05) is 6.07 Å². The lowest BCUT2D eigenvalue weighted by Crippen LogP contribution is -2.41. The van der Waals surface area contributed by atoms with Gasteiger partial charge in [0, 0.05) is 25.2 Å². The van der Waals surface area contributed by atoms with Gasteiger partial charge in [0.05, 0.1) is 0 Å². The van der Waals surface area contributed by atoms with Crippen LogP contribution in [-0.2, 0) is 0 Å². The van der Waals surface area contributed by atoms with Gasteiger partial charge in [-0.3, -0.25) is 4.40 Å². The summed E-state index contributed by atoms with van der Waals surface area (Å²) in [5, 5.41) is 12.3. The van der Waals surface area contributed by atoms with Crippen molar-refractivity contribution in [3.63, 3.8) is 0 Å². The van der Waals surface area contributed by atoms with Crippen molar-refractivity contribution in [3.8, 4) is 0 Å². The van der Waals surface area contributed by atoms with Crippen LogP contribution in [0.3, 0.4) is 0 Å². The van der Waals surface area contributed by atoms with Gasteiger partial charge in [0.1, 0.15) is 5.82 Å². The Kier molecular flexibility index (Phi) is 4.08. The van der Waals surface area contributed by atoms with E-state index in [4.69, 9.17) is 0 Å². The maximum absolute atomic E-state index is 4.48. The van der Waals surface area contributed by atoms with Crippen LogP contribution in [0.2, 0.25) is 0 Å². The Morgan fingerprint density at radius 3 is 2.95 bits per heavy atom. The first-order valence-electron chi connectivity index (χ1n) is 8.63. The summed E-state index contributed by atoms with van der Waals surface area (Å²) in [5.41, 5.74) is 0.966. The molecule has 0 aromatic carbocycles. The molecule has 1 unspecified atom stereocenters. The molecular weight excluding hydrogens is 274 g/mol. The molecule has 1 atom stereocenters. The van der Waals surface area contributed by atoms with Gasteiger partial charge in [0.25, 0.3) is 0 Å². The standard InChI is InChI=1S/C17H25N5/c1-2-11-22-16(5-1)19-20-17(22)15-4-3-10-21(13-15)12-14-6-8-18-9-7-14/h1-2,5,11,14-15,18H,3-4,6-10,12-13H2. The van der Waals surface area contributed by atoms with Crippen molar-refractivity contribution >= 4 is 5.65 Å². The highest BCUT2D eigenvalue weighted by atomic mass is 15.3. The van der Waals surface area contributed by atoms with Crippen LogP contribution in [0.5, 0.6) is 0 Å². The van der Waals surface area contributed by atoms with Gasteiger partial charge in [0.2, 0.25) is 0 Å². The van der Waals surface area contributed by atoms with E-state index >= 15 is 0 Å². The lowest BCUT2D eigenvalue weighted by Gasteiger charge is -2.35. The number of hydrogen-bond donors (Lipinski definition) is 1. The third-order valence-electron chi connectivity index (χ3n) is 5.19. The summed E-state index contributed by atoms with van der Waals surface area (Å²) in [5.74, 6) is 2.54. The van der Waals surface area contributed by atoms with Crippen molar-refractivity contribution in [3.05, 3.63) is 30.2 Å². The Labute approximate surface area is 131 Å². The summed E-state index contributed by atoms with van der Waals surface area (Å²) in [6.45, 7) is 6.03. The molecule has 118 valence electrons. The highest BCUT2D eigenvalue weighted by molar-refractivity contribution is 5.37. The molecule has 1 N–H and O–H groups in total. The highest BCUT2D eigenvalue weighted by Crippen LogP contribution is 2.27. The molecule has 2 aromatic heterocycles. The Bertz CT molecular complexity index is 616. The normalized spacial score (nSPS) is 24.8. The maximum Gasteiger partial charge on any atom is 0.160 e. The number of aromatic nitrogens is 3. The zero-order chi connectivity index (χ0) is 14.8. The van der Waals surface area contributed by atoms with Crippen LogP contribution in [0.25, 0.3) is 5.65 Å². The molecule has 5 heteroatoms. The molecule has 2 aliphatic rings. The topological polar surface area (TPSA) is 45.5 Å². The van der Waals surface area contributed by atoms with Crippen LogP contribution in [0.15, 0.2) is 24.4 Å². The van der Waals surface area contributed by atoms with Gasteiger partial charge in [-0.15, -0.1) is 10.2 Å². The number of hydrogen-bond acceptors (Lipinski definition) is 4. The van der Waals surface area contributed by atoms with E-state index in [1.807, 2.05) is 12.1 Å². The van der Waals surface area contributed by atoms with Crippen molar-refractivity contribution in [1.29, 1.82) is 0 Å². The van der Waals surface area contributed by atoms with Crippen molar-refractivity contribution in [2.45, 2.75) is 31.6 Å². The van der Waals surface area contributed by atoms with Gasteiger partial charge in [0.15, 0.2) is 5.65 Å². The minimum atomic E-state index is 0.521. The molecular formula is C17H25N5. The third kappa shape index (κ3) is 2.88. The molecule has 2 saturated heterocycles. The SMILES string of the molecule is c1ccn2c(C3CCCN(CC4CCNCC4)C3)nnc2c1. The Morgan fingerprint density at radius 1 is 1.14 bits per heavy atom. The minimum Gasteiger partial charge on any atom is -0.317 e. The van der Waals surface area contributed by atoms with E-state index in [0.717, 1.165) is 23.9 Å². The fourth-order valence-electron chi connectivity index (χ4n) is 4.00. The molecule has 5 nitrogen and oxygen atoms in total. The number of likely N-dealkylation sites (tertiary alicyclic amines) is 1. The Morgan fingerprint density at radius 2 is 2.05 bits per heavy atom. The minimum absolute atomic E-state index is 0.521. The molecule has 0 radical (unpaired) electrons. The zero-order valence-electron chi connectivity index (χ0n) is 13.1. The van der Waals surface area contributed by atoms with E-state index < -0.39 is 0 Å². The first kappa shape index (κ1) is 14.2. The summed E-state index contributed by atoms with van der Waals surface area (Å²) in [6, 6.07) is 6.12. The van der Waals surface area contributed by atoms with E-state index in [-0.39, 0.29) is 0 Å². The third-order valence-corrected chi connectivity index (χ3v) is 5.19. The molecule has 4 heterocycles. The summed E-state index contributed by atoms with van der Waals surface area (Å²) < 4.78 is 2.17. The molecule has 0 amide bonds. The summed E-state index contributed by atoms with van der Waals surface area (Å²) >= 11 is 0. The van der Waals surface area contributed by atoms with Crippen molar-refractivity contribution in [2.24, 2.45) is 5.92 Å². The fraction of sp³-hybridized carbons (Fsp3) is 0.647. The number of rotatable bonds is 3. The van der Waals surface area contributed by atoms with Crippen molar-refractivity contribution in [2.75, 3.05) is 32.7 Å². The zero-order valence-corrected chi connectivity index (χ0v) is 13.1. The number of pyridine rings is 1. The van der Waals surface area contributed by atoms with Gasteiger partial charge in [-0.05, 0) is 63.4 Å². The number of piperidine rings is 2. The summed E-state index contributed by atoms with van der Waals surface area (Å²) in [4.78, 5) is 2.66. The smallest absolute Gasteiger partial charge is 0.160 e. The molecule has 2 fully saturated rings. The predicted octanol–water partition coefficient (Wildman–Crippen LogP) is 1.91. The lowest BCUT2D eigenvalue weighted by atomic mass is 9.93. The van der Waals surface area contributed by atoms with Gasteiger partial charge in [-0.25, -0.2) is 0 Å². The summed E-state index contributed by atoms with van der Waals surface area (Å²) in [6.07, 6.45) is 7.26. The van der Waals surface area contributed by atoms with Crippen LogP contribution in [0.4, 0.5) is 0 Å². The lowest BCUT2D eigenvalue weighted by molar-refractivity contribution is 0.161. The molecule has 0 aliphatic carbocycles. The Balaban J connectivity index is 1.46. The quantitative estimate of drug-likeness (QED) is 0.940. The van der Waals surface area contributed by atoms with E-state index in [1.165, 1.54) is 51.9 Å². The average Bonchev–Trinajstić information content (AvgIpc) is 3.00. The predicted molar refractivity (Wildman–Crippen MR) is 87.0 cm³/mol. The van der Waals surface area contributed by atoms with Crippen molar-refractivity contribution < 1.29 is 0 Å². The van der Waals surface area contributed by atoms with Crippen molar-refractivity contribution in [1.82, 2.24) is 24.8 Å². The Hall–Kier alpha value is -1.46. The first-order chi connectivity index (χ1) is 10.9. The average molecular weight is 299 g/mol. The molecule has 2 aromatic rings. The highest BCUT2D eigenvalue weighted by Gasteiger charge is 2.27. The van der Waals surface area contributed by atoms with Crippen LogP contribution >= 0.6 is 0 Å². The largest absolute Gasteiger partial charge is 0.317 e. The van der Waals surface area contributed by atoms with Gasteiger partial charge >= 0.3 is 0 Å². The molecule has 2 aliphatic heterocycles. The molecule has 4 rings (SSSR count). The first-order valence-corrected chi connectivity index (χ1v) is 8.63. The van der Waals surface area contributed by atoms with Crippen LogP contribution in [0.1, 0.15) is 37.4 Å². The van der Waals surface area contributed by atoms with Gasteiger partial charge in [-0.2, -0.15) is 0 Å². The van der Waals surface area contributed by atoms with E-state index in [9.17, 15) is 0 Å². The molecule has 0 bridgehead atoms. The number of fused-ring (bicyclic) bond motifs is 1. The maximum atomic E-state index is 4.48. The number of nitrogens with zero attached hydrogens (tertiary/aromatic N) is 4. The van der Waals surface area contributed by atoms with Gasteiger partial charge < -0.3 is 10.2 Å². The van der Waals surface area contributed by atoms with Crippen LogP contribution in [-0.4, -0.2) is 52.2 Å². The van der Waals surface area contributed by atoms with E-state index in [2.05, 4.69) is 37.1 Å². The second kappa shape index (κ2) is 6.34. The van der Waals surface area contributed by atoms with Crippen LogP contribution < -0.4 is 5.32 Å². The monoisotopic (exact) mass is 299 g/mol.